The van der Waals surface area contributed by atoms with Crippen LogP contribution in [0.1, 0.15) is 57.8 Å². The molecule has 2 aliphatic heterocycles. The fourth-order valence-electron chi connectivity index (χ4n) is 5.47. The molecule has 18 heavy (non-hydrogen) atoms. The molecule has 2 aliphatic carbocycles. The largest absolute Gasteiger partial charge is 0.316 e. The molecule has 0 amide bonds. The average Bonchev–Trinajstić information content (AvgIpc) is 2.86. The van der Waals surface area contributed by atoms with Gasteiger partial charge in [-0.1, -0.05) is 12.8 Å². The van der Waals surface area contributed by atoms with Crippen molar-refractivity contribution in [1.82, 2.24) is 10.6 Å². The molecule has 4 rings (SSSR count). The summed E-state index contributed by atoms with van der Waals surface area (Å²) in [5, 5.41) is 7.41. The van der Waals surface area contributed by atoms with Crippen LogP contribution in [0.3, 0.4) is 0 Å². The zero-order valence-corrected chi connectivity index (χ0v) is 11.6. The summed E-state index contributed by atoms with van der Waals surface area (Å²) in [7, 11) is 0. The summed E-state index contributed by atoms with van der Waals surface area (Å²) in [6.45, 7) is 3.80. The van der Waals surface area contributed by atoms with Gasteiger partial charge < -0.3 is 10.6 Å². The highest BCUT2D eigenvalue weighted by molar-refractivity contribution is 5.07. The van der Waals surface area contributed by atoms with Crippen molar-refractivity contribution in [1.29, 1.82) is 0 Å². The van der Waals surface area contributed by atoms with Crippen molar-refractivity contribution in [3.8, 4) is 0 Å². The highest BCUT2D eigenvalue weighted by Crippen LogP contribution is 2.64. The molecular weight excluding hydrogens is 220 g/mol. The van der Waals surface area contributed by atoms with Crippen molar-refractivity contribution < 1.29 is 0 Å². The first-order chi connectivity index (χ1) is 8.83. The first kappa shape index (κ1) is 11.7. The number of hydrogen-bond donors (Lipinski definition) is 2. The van der Waals surface area contributed by atoms with Crippen LogP contribution in [0.25, 0.3) is 0 Å². The van der Waals surface area contributed by atoms with Gasteiger partial charge in [-0.15, -0.1) is 0 Å². The fourth-order valence-corrected chi connectivity index (χ4v) is 5.47. The van der Waals surface area contributed by atoms with Crippen LogP contribution in [0.4, 0.5) is 0 Å². The van der Waals surface area contributed by atoms with E-state index in [1.165, 1.54) is 58.2 Å². The second kappa shape index (κ2) is 4.21. The van der Waals surface area contributed by atoms with Crippen molar-refractivity contribution in [3.05, 3.63) is 0 Å². The zero-order valence-electron chi connectivity index (χ0n) is 11.6. The summed E-state index contributed by atoms with van der Waals surface area (Å²) in [5.41, 5.74) is 1.50. The van der Waals surface area contributed by atoms with Gasteiger partial charge >= 0.3 is 0 Å². The van der Waals surface area contributed by atoms with Gasteiger partial charge in [-0.3, -0.25) is 0 Å². The SMILES string of the molecule is C1CCC2(C1)CC2CCC1NCCC12CCNC2. The molecule has 0 radical (unpaired) electrons. The Hall–Kier alpha value is -0.0800. The van der Waals surface area contributed by atoms with Crippen molar-refractivity contribution in [2.45, 2.75) is 63.8 Å². The Balaban J connectivity index is 1.32. The van der Waals surface area contributed by atoms with E-state index in [9.17, 15) is 0 Å². The quantitative estimate of drug-likeness (QED) is 0.802. The molecule has 2 heterocycles. The van der Waals surface area contributed by atoms with Crippen LogP contribution >= 0.6 is 0 Å². The maximum absolute atomic E-state index is 3.81. The molecule has 0 aromatic carbocycles. The Labute approximate surface area is 111 Å². The van der Waals surface area contributed by atoms with Crippen molar-refractivity contribution in [3.63, 3.8) is 0 Å². The van der Waals surface area contributed by atoms with Crippen LogP contribution in [-0.2, 0) is 0 Å². The molecule has 102 valence electrons. The normalized spacial score (nSPS) is 45.3. The molecule has 3 atom stereocenters. The molecule has 2 N–H and O–H groups in total. The van der Waals surface area contributed by atoms with Gasteiger partial charge in [0.15, 0.2) is 0 Å². The third-order valence-corrected chi connectivity index (χ3v) is 6.79. The van der Waals surface area contributed by atoms with Gasteiger partial charge in [0.05, 0.1) is 0 Å². The smallest absolute Gasteiger partial charge is 0.0137 e. The molecule has 2 spiro atoms. The molecule has 0 aromatic heterocycles. The Bertz CT molecular complexity index is 308. The van der Waals surface area contributed by atoms with Crippen LogP contribution in [0.5, 0.6) is 0 Å². The number of hydrogen-bond acceptors (Lipinski definition) is 2. The van der Waals surface area contributed by atoms with Crippen LogP contribution < -0.4 is 10.6 Å². The number of nitrogens with one attached hydrogen (secondary N) is 2. The van der Waals surface area contributed by atoms with Crippen LogP contribution in [0, 0.1) is 16.7 Å². The lowest BCUT2D eigenvalue weighted by Gasteiger charge is -2.30. The van der Waals surface area contributed by atoms with Crippen molar-refractivity contribution in [2.75, 3.05) is 19.6 Å². The molecule has 2 saturated carbocycles. The summed E-state index contributed by atoms with van der Waals surface area (Å²) in [6, 6.07) is 0.826. The Morgan fingerprint density at radius 1 is 0.889 bits per heavy atom. The Morgan fingerprint density at radius 2 is 1.72 bits per heavy atom. The molecule has 2 heteroatoms. The standard InChI is InChI=1S/C16H28N2/c1-2-6-15(5-1)11-13(15)3-4-14-16(8-10-18-14)7-9-17-12-16/h13-14,17-18H,1-12H2. The molecule has 0 bridgehead atoms. The fraction of sp³-hybridized carbons (Fsp3) is 1.00. The summed E-state index contributed by atoms with van der Waals surface area (Å²) in [4.78, 5) is 0. The van der Waals surface area contributed by atoms with Gasteiger partial charge in [0.1, 0.15) is 0 Å². The maximum atomic E-state index is 3.81. The highest BCUT2D eigenvalue weighted by Gasteiger charge is 2.55. The Morgan fingerprint density at radius 3 is 2.50 bits per heavy atom. The molecule has 4 aliphatic rings. The third-order valence-electron chi connectivity index (χ3n) is 6.79. The van der Waals surface area contributed by atoms with E-state index < -0.39 is 0 Å². The van der Waals surface area contributed by atoms with Gasteiger partial charge in [-0.05, 0) is 69.4 Å². The minimum Gasteiger partial charge on any atom is -0.316 e. The summed E-state index contributed by atoms with van der Waals surface area (Å²) < 4.78 is 0. The van der Waals surface area contributed by atoms with Gasteiger partial charge in [0.2, 0.25) is 0 Å². The predicted octanol–water partition coefficient (Wildman–Crippen LogP) is 2.69. The average molecular weight is 248 g/mol. The van der Waals surface area contributed by atoms with E-state index in [-0.39, 0.29) is 0 Å². The lowest BCUT2D eigenvalue weighted by Crippen LogP contribution is -2.38. The topological polar surface area (TPSA) is 24.1 Å². The Kier molecular flexibility index (Phi) is 2.74. The predicted molar refractivity (Wildman–Crippen MR) is 74.6 cm³/mol. The minimum atomic E-state index is 0.637. The third kappa shape index (κ3) is 1.76. The van der Waals surface area contributed by atoms with Crippen molar-refractivity contribution >= 4 is 0 Å². The lowest BCUT2D eigenvalue weighted by atomic mass is 9.77. The van der Waals surface area contributed by atoms with E-state index >= 15 is 0 Å². The molecule has 2 saturated heterocycles. The van der Waals surface area contributed by atoms with Crippen LogP contribution in [0.15, 0.2) is 0 Å². The van der Waals surface area contributed by atoms with Gasteiger partial charge in [0.25, 0.3) is 0 Å². The minimum absolute atomic E-state index is 0.637. The van der Waals surface area contributed by atoms with Gasteiger partial charge in [-0.25, -0.2) is 0 Å². The van der Waals surface area contributed by atoms with E-state index in [1.54, 1.807) is 19.3 Å². The summed E-state index contributed by atoms with van der Waals surface area (Å²) in [5.74, 6) is 1.11. The number of rotatable bonds is 3. The van der Waals surface area contributed by atoms with E-state index in [0.29, 0.717) is 5.41 Å². The maximum Gasteiger partial charge on any atom is 0.0137 e. The zero-order chi connectivity index (χ0) is 12.1. The van der Waals surface area contributed by atoms with Crippen molar-refractivity contribution in [2.24, 2.45) is 16.7 Å². The van der Waals surface area contributed by atoms with E-state index in [4.69, 9.17) is 0 Å². The molecule has 0 aromatic rings. The van der Waals surface area contributed by atoms with Gasteiger partial charge in [-0.2, -0.15) is 0 Å². The highest BCUT2D eigenvalue weighted by atomic mass is 15.0. The summed E-state index contributed by atoms with van der Waals surface area (Å²) in [6.07, 6.45) is 13.5. The van der Waals surface area contributed by atoms with E-state index in [0.717, 1.165) is 17.4 Å². The van der Waals surface area contributed by atoms with E-state index in [2.05, 4.69) is 10.6 Å². The lowest BCUT2D eigenvalue weighted by molar-refractivity contribution is 0.256. The molecular formula is C16H28N2. The molecule has 3 unspecified atom stereocenters. The van der Waals surface area contributed by atoms with Crippen LogP contribution in [-0.4, -0.2) is 25.7 Å². The molecule has 4 fully saturated rings. The molecule has 2 nitrogen and oxygen atoms in total. The van der Waals surface area contributed by atoms with Crippen LogP contribution in [0.2, 0.25) is 0 Å². The first-order valence-corrected chi connectivity index (χ1v) is 8.27. The van der Waals surface area contributed by atoms with E-state index in [1.807, 2.05) is 0 Å². The second-order valence-electron chi connectivity index (χ2n) is 7.59. The summed E-state index contributed by atoms with van der Waals surface area (Å²) >= 11 is 0. The first-order valence-electron chi connectivity index (χ1n) is 8.27. The monoisotopic (exact) mass is 248 g/mol. The van der Waals surface area contributed by atoms with Gasteiger partial charge in [0, 0.05) is 18.0 Å². The second-order valence-corrected chi connectivity index (χ2v) is 7.59.